The lowest BCUT2D eigenvalue weighted by molar-refractivity contribution is 0.0810. The number of nitrogens with zero attached hydrogens (tertiary/aromatic N) is 1. The van der Waals surface area contributed by atoms with Crippen LogP contribution in [0, 0.1) is 0 Å². The van der Waals surface area contributed by atoms with Crippen molar-refractivity contribution in [3.63, 3.8) is 0 Å². The molecule has 3 aromatic rings. The van der Waals surface area contributed by atoms with Gasteiger partial charge in [0, 0.05) is 18.2 Å². The Balaban J connectivity index is 1.47. The summed E-state index contributed by atoms with van der Waals surface area (Å²) in [6.07, 6.45) is 3.30. The van der Waals surface area contributed by atoms with Gasteiger partial charge in [-0.1, -0.05) is 0 Å². The molecule has 0 saturated carbocycles. The first kappa shape index (κ1) is 21.0. The first-order valence-corrected chi connectivity index (χ1v) is 10.4. The van der Waals surface area contributed by atoms with Crippen LogP contribution in [0.1, 0.15) is 27.2 Å². The molecular weight excluding hydrogens is 426 g/mol. The zero-order valence-corrected chi connectivity index (χ0v) is 18.5. The van der Waals surface area contributed by atoms with E-state index in [1.54, 1.807) is 51.9 Å². The molecule has 5 rings (SSSR count). The maximum Gasteiger partial charge on any atom is 0.231 e. The average Bonchev–Trinajstić information content (AvgIpc) is 3.46. The molecule has 170 valence electrons. The summed E-state index contributed by atoms with van der Waals surface area (Å²) in [5.74, 6) is 3.65. The van der Waals surface area contributed by atoms with E-state index in [1.165, 1.54) is 0 Å². The Labute approximate surface area is 190 Å². The molecule has 0 atom stereocenters. The summed E-state index contributed by atoms with van der Waals surface area (Å²) in [6, 6.07) is 10.8. The molecule has 0 radical (unpaired) electrons. The van der Waals surface area contributed by atoms with E-state index in [9.17, 15) is 4.79 Å². The van der Waals surface area contributed by atoms with Gasteiger partial charge >= 0.3 is 0 Å². The first-order valence-electron chi connectivity index (χ1n) is 10.4. The van der Waals surface area contributed by atoms with Gasteiger partial charge < -0.3 is 28.1 Å². The zero-order chi connectivity index (χ0) is 22.9. The van der Waals surface area contributed by atoms with Gasteiger partial charge in [0.2, 0.25) is 5.78 Å². The van der Waals surface area contributed by atoms with Crippen molar-refractivity contribution < 1.29 is 32.9 Å². The number of furan rings is 1. The lowest BCUT2D eigenvalue weighted by atomic mass is 10.0. The van der Waals surface area contributed by atoms with E-state index in [-0.39, 0.29) is 11.5 Å². The van der Waals surface area contributed by atoms with E-state index in [0.29, 0.717) is 59.7 Å². The molecule has 2 aromatic carbocycles. The lowest BCUT2D eigenvalue weighted by Gasteiger charge is -2.29. The van der Waals surface area contributed by atoms with E-state index >= 15 is 0 Å². The third kappa shape index (κ3) is 3.78. The van der Waals surface area contributed by atoms with Crippen molar-refractivity contribution in [2.45, 2.75) is 13.1 Å². The van der Waals surface area contributed by atoms with Crippen LogP contribution in [-0.4, -0.2) is 38.7 Å². The second-order valence-electron chi connectivity index (χ2n) is 7.65. The molecule has 0 saturated heterocycles. The van der Waals surface area contributed by atoms with Gasteiger partial charge in [-0.25, -0.2) is 0 Å². The summed E-state index contributed by atoms with van der Waals surface area (Å²) in [5, 5.41) is 0. The largest absolute Gasteiger partial charge is 0.496 e. The van der Waals surface area contributed by atoms with Crippen LogP contribution in [0.5, 0.6) is 28.7 Å². The van der Waals surface area contributed by atoms with Crippen molar-refractivity contribution in [3.8, 4) is 28.7 Å². The van der Waals surface area contributed by atoms with Gasteiger partial charge in [0.05, 0.1) is 45.3 Å². The van der Waals surface area contributed by atoms with Crippen molar-refractivity contribution in [1.82, 2.24) is 4.90 Å². The Morgan fingerprint density at radius 3 is 2.55 bits per heavy atom. The minimum atomic E-state index is -0.201. The summed E-state index contributed by atoms with van der Waals surface area (Å²) in [6.45, 7) is 1.58. The monoisotopic (exact) mass is 449 g/mol. The highest BCUT2D eigenvalue weighted by Crippen LogP contribution is 2.43. The normalized spacial score (nSPS) is 16.1. The predicted molar refractivity (Wildman–Crippen MR) is 119 cm³/mol. The Morgan fingerprint density at radius 1 is 1.03 bits per heavy atom. The van der Waals surface area contributed by atoms with Crippen LogP contribution in [-0.2, 0) is 13.1 Å². The molecule has 0 amide bonds. The number of carbonyl (C=O) groups excluding carboxylic acids is 1. The average molecular weight is 449 g/mol. The second-order valence-corrected chi connectivity index (χ2v) is 7.65. The summed E-state index contributed by atoms with van der Waals surface area (Å²) < 4.78 is 33.7. The van der Waals surface area contributed by atoms with Gasteiger partial charge in [0.25, 0.3) is 0 Å². The fraction of sp³-hybridized carbons (Fsp3) is 0.240. The highest BCUT2D eigenvalue weighted by molar-refractivity contribution is 6.15. The maximum absolute atomic E-state index is 13.1. The molecule has 8 heteroatoms. The van der Waals surface area contributed by atoms with Crippen LogP contribution >= 0.6 is 0 Å². The maximum atomic E-state index is 13.1. The van der Waals surface area contributed by atoms with Crippen molar-refractivity contribution in [2.24, 2.45) is 0 Å². The van der Waals surface area contributed by atoms with Gasteiger partial charge in [-0.2, -0.15) is 0 Å². The van der Waals surface area contributed by atoms with Crippen molar-refractivity contribution in [2.75, 3.05) is 28.1 Å². The molecule has 0 spiro atoms. The number of allylic oxidation sites excluding steroid dienone is 1. The number of hydrogen-bond donors (Lipinski definition) is 0. The Hall–Kier alpha value is -3.91. The number of Topliss-reactive ketones (excluding diaryl/α,β-unsaturated/α-hetero) is 1. The van der Waals surface area contributed by atoms with Crippen LogP contribution < -0.4 is 23.7 Å². The van der Waals surface area contributed by atoms with Gasteiger partial charge in [0.1, 0.15) is 29.7 Å². The quantitative estimate of drug-likeness (QED) is 0.516. The van der Waals surface area contributed by atoms with Crippen molar-refractivity contribution in [3.05, 3.63) is 70.9 Å². The second kappa shape index (κ2) is 8.55. The molecule has 33 heavy (non-hydrogen) atoms. The summed E-state index contributed by atoms with van der Waals surface area (Å²) in [4.78, 5) is 15.2. The van der Waals surface area contributed by atoms with Crippen LogP contribution in [0.2, 0.25) is 0 Å². The van der Waals surface area contributed by atoms with Gasteiger partial charge in [-0.05, 0) is 36.4 Å². The molecule has 2 aliphatic rings. The number of ketones is 1. The van der Waals surface area contributed by atoms with Crippen LogP contribution in [0.3, 0.4) is 0 Å². The molecule has 0 N–H and O–H groups in total. The molecule has 2 aliphatic heterocycles. The predicted octanol–water partition coefficient (Wildman–Crippen LogP) is 4.27. The molecule has 0 aliphatic carbocycles. The number of ether oxygens (including phenoxy) is 5. The number of carbonyl (C=O) groups is 1. The first-order chi connectivity index (χ1) is 16.1. The SMILES string of the molecule is COc1cc(OC)c(OC)cc1/C=C1\Oc2c(ccc3c2CN(Cc2ccco2)CO3)C1=O. The summed E-state index contributed by atoms with van der Waals surface area (Å²) >= 11 is 0. The minimum Gasteiger partial charge on any atom is -0.496 e. The Kier molecular flexibility index (Phi) is 5.43. The molecule has 0 fully saturated rings. The van der Waals surface area contributed by atoms with Crippen LogP contribution in [0.25, 0.3) is 6.08 Å². The standard InChI is InChI=1S/C25H23NO7/c1-28-20-11-22(30-3)21(29-2)9-15(20)10-23-24(27)17-6-7-19-18(25(17)33-23)13-26(14-32-19)12-16-5-4-8-31-16/h4-11H,12-14H2,1-3H3/b23-10-. The molecule has 8 nitrogen and oxygen atoms in total. The Bertz CT molecular complexity index is 1230. The van der Waals surface area contributed by atoms with E-state index in [1.807, 2.05) is 18.2 Å². The number of methoxy groups -OCH3 is 3. The molecule has 1 aromatic heterocycles. The van der Waals surface area contributed by atoms with Crippen molar-refractivity contribution in [1.29, 1.82) is 0 Å². The minimum absolute atomic E-state index is 0.201. The lowest BCUT2D eigenvalue weighted by Crippen LogP contribution is -2.31. The summed E-state index contributed by atoms with van der Waals surface area (Å²) in [5.41, 5.74) is 1.97. The fourth-order valence-corrected chi connectivity index (χ4v) is 4.04. The molecule has 3 heterocycles. The third-order valence-corrected chi connectivity index (χ3v) is 5.66. The fourth-order valence-electron chi connectivity index (χ4n) is 4.04. The van der Waals surface area contributed by atoms with E-state index in [0.717, 1.165) is 11.3 Å². The van der Waals surface area contributed by atoms with Gasteiger partial charge in [0.15, 0.2) is 17.3 Å². The number of rotatable bonds is 6. The van der Waals surface area contributed by atoms with Gasteiger partial charge in [-0.15, -0.1) is 0 Å². The van der Waals surface area contributed by atoms with Gasteiger partial charge in [-0.3, -0.25) is 9.69 Å². The topological polar surface area (TPSA) is 79.6 Å². The molecular formula is C25H23NO7. The van der Waals surface area contributed by atoms with Crippen molar-refractivity contribution >= 4 is 11.9 Å². The van der Waals surface area contributed by atoms with E-state index in [4.69, 9.17) is 28.1 Å². The third-order valence-electron chi connectivity index (χ3n) is 5.66. The number of hydrogen-bond acceptors (Lipinski definition) is 8. The van der Waals surface area contributed by atoms with Crippen LogP contribution in [0.15, 0.2) is 52.8 Å². The zero-order valence-electron chi connectivity index (χ0n) is 18.5. The number of fused-ring (bicyclic) bond motifs is 3. The van der Waals surface area contributed by atoms with Crippen LogP contribution in [0.4, 0.5) is 0 Å². The number of benzene rings is 2. The highest BCUT2D eigenvalue weighted by Gasteiger charge is 2.34. The summed E-state index contributed by atoms with van der Waals surface area (Å²) in [7, 11) is 4.65. The van der Waals surface area contributed by atoms with E-state index < -0.39 is 0 Å². The molecule has 0 bridgehead atoms. The van der Waals surface area contributed by atoms with E-state index in [2.05, 4.69) is 4.90 Å². The smallest absolute Gasteiger partial charge is 0.231 e. The Morgan fingerprint density at radius 2 is 1.82 bits per heavy atom. The molecule has 0 unspecified atom stereocenters. The highest BCUT2D eigenvalue weighted by atomic mass is 16.5.